The van der Waals surface area contributed by atoms with Gasteiger partial charge in [0, 0.05) is 6.42 Å². The van der Waals surface area contributed by atoms with Crippen LogP contribution in [0.25, 0.3) is 0 Å². The third-order valence-electron chi connectivity index (χ3n) is 5.94. The number of hydrogen-bond acceptors (Lipinski definition) is 5. The van der Waals surface area contributed by atoms with Gasteiger partial charge in [0.2, 0.25) is 0 Å². The smallest absolute Gasteiger partial charge is 0.313 e. The lowest BCUT2D eigenvalue weighted by molar-refractivity contribution is -0.204. The summed E-state index contributed by atoms with van der Waals surface area (Å²) < 4.78 is 17.1. The zero-order valence-electron chi connectivity index (χ0n) is 14.0. The summed E-state index contributed by atoms with van der Waals surface area (Å²) in [5, 5.41) is 9.01. The molecule has 23 heavy (non-hydrogen) atoms. The molecule has 0 radical (unpaired) electrons. The second kappa shape index (κ2) is 6.54. The highest BCUT2D eigenvalue weighted by atomic mass is 16.7. The van der Waals surface area contributed by atoms with Crippen molar-refractivity contribution >= 4 is 5.97 Å². The lowest BCUT2D eigenvalue weighted by Crippen LogP contribution is -2.54. The summed E-state index contributed by atoms with van der Waals surface area (Å²) in [5.74, 6) is -0.761. The van der Waals surface area contributed by atoms with E-state index in [4.69, 9.17) is 19.3 Å². The van der Waals surface area contributed by atoms with E-state index >= 15 is 0 Å². The van der Waals surface area contributed by atoms with Gasteiger partial charge >= 0.3 is 5.97 Å². The molecule has 0 spiro atoms. The van der Waals surface area contributed by atoms with Crippen LogP contribution < -0.4 is 0 Å². The van der Waals surface area contributed by atoms with E-state index in [0.29, 0.717) is 19.6 Å². The first-order valence-corrected chi connectivity index (χ1v) is 8.77. The lowest BCUT2D eigenvalue weighted by Gasteiger charge is -2.55. The predicted octanol–water partition coefficient (Wildman–Crippen LogP) is 2.57. The van der Waals surface area contributed by atoms with E-state index in [1.807, 2.05) is 6.92 Å². The van der Waals surface area contributed by atoms with Crippen LogP contribution in [-0.2, 0) is 19.0 Å². The van der Waals surface area contributed by atoms with Crippen molar-refractivity contribution in [2.45, 2.75) is 57.7 Å². The van der Waals surface area contributed by atoms with Crippen LogP contribution in [0.3, 0.4) is 0 Å². The van der Waals surface area contributed by atoms with E-state index in [-0.39, 0.29) is 24.6 Å². The molecule has 130 valence electrons. The maximum atomic E-state index is 12.9. The van der Waals surface area contributed by atoms with Crippen LogP contribution in [0, 0.1) is 10.8 Å². The summed E-state index contributed by atoms with van der Waals surface area (Å²) in [6.45, 7) is 3.17. The Balaban J connectivity index is 1.91. The van der Waals surface area contributed by atoms with Gasteiger partial charge in [0.1, 0.15) is 6.61 Å². The van der Waals surface area contributed by atoms with Gasteiger partial charge in [0.25, 0.3) is 0 Å². The van der Waals surface area contributed by atoms with Crippen LogP contribution >= 0.6 is 0 Å². The molecule has 3 rings (SSSR count). The summed E-state index contributed by atoms with van der Waals surface area (Å²) in [4.78, 5) is 12.9. The molecule has 0 amide bonds. The minimum Gasteiger partial charge on any atom is -0.463 e. The number of aliphatic hydroxyl groups is 1. The third kappa shape index (κ3) is 2.94. The van der Waals surface area contributed by atoms with Gasteiger partial charge in [-0.15, -0.1) is 0 Å². The number of hydrogen-bond donors (Lipinski definition) is 1. The number of ether oxygens (including phenoxy) is 3. The largest absolute Gasteiger partial charge is 0.463 e. The number of allylic oxidation sites excluding steroid dienone is 2. The molecule has 2 fully saturated rings. The highest BCUT2D eigenvalue weighted by Crippen LogP contribution is 2.61. The van der Waals surface area contributed by atoms with Gasteiger partial charge in [0.05, 0.1) is 25.2 Å². The van der Waals surface area contributed by atoms with Crippen LogP contribution in [-0.4, -0.2) is 43.3 Å². The number of rotatable bonds is 5. The third-order valence-corrected chi connectivity index (χ3v) is 5.94. The average Bonchev–Trinajstić information content (AvgIpc) is 2.98. The number of carbonyl (C=O) groups excluding carboxylic acids is 1. The summed E-state index contributed by atoms with van der Waals surface area (Å²) >= 11 is 0. The molecular weight excluding hydrogens is 296 g/mol. The van der Waals surface area contributed by atoms with E-state index in [2.05, 4.69) is 12.2 Å². The molecule has 1 N–H and O–H groups in total. The Morgan fingerprint density at radius 3 is 2.61 bits per heavy atom. The van der Waals surface area contributed by atoms with Gasteiger partial charge in [-0.3, -0.25) is 4.79 Å². The number of carbonyl (C=O) groups is 1. The molecule has 1 heterocycles. The zero-order chi connectivity index (χ0) is 16.4. The van der Waals surface area contributed by atoms with E-state index in [9.17, 15) is 4.79 Å². The number of fused-ring (bicyclic) bond motifs is 1. The molecule has 0 aromatic heterocycles. The first-order valence-electron chi connectivity index (χ1n) is 8.77. The van der Waals surface area contributed by atoms with Gasteiger partial charge < -0.3 is 19.3 Å². The van der Waals surface area contributed by atoms with Crippen molar-refractivity contribution in [1.29, 1.82) is 0 Å². The first kappa shape index (κ1) is 16.9. The molecule has 3 aliphatic rings. The van der Waals surface area contributed by atoms with Crippen molar-refractivity contribution in [3.63, 3.8) is 0 Å². The monoisotopic (exact) mass is 324 g/mol. The Morgan fingerprint density at radius 2 is 1.87 bits per heavy atom. The van der Waals surface area contributed by atoms with Gasteiger partial charge in [-0.2, -0.15) is 0 Å². The van der Waals surface area contributed by atoms with Crippen molar-refractivity contribution in [2.75, 3.05) is 26.4 Å². The molecule has 1 saturated carbocycles. The summed E-state index contributed by atoms with van der Waals surface area (Å²) in [7, 11) is 0. The average molecular weight is 324 g/mol. The minimum absolute atomic E-state index is 0.0741. The SMILES string of the molecule is CC1(C[C@@]23CC=CC[C@]2(C(=O)OCCO)CCCC3)OCCO1. The Kier molecular flexibility index (Phi) is 4.81. The summed E-state index contributed by atoms with van der Waals surface area (Å²) in [5.41, 5.74) is -0.681. The molecule has 5 heteroatoms. The van der Waals surface area contributed by atoms with Crippen LogP contribution in [0.5, 0.6) is 0 Å². The second-order valence-electron chi connectivity index (χ2n) is 7.32. The molecule has 0 aromatic carbocycles. The summed E-state index contributed by atoms with van der Waals surface area (Å²) in [6.07, 6.45) is 10.6. The summed E-state index contributed by atoms with van der Waals surface area (Å²) in [6, 6.07) is 0. The van der Waals surface area contributed by atoms with Crippen molar-refractivity contribution in [1.82, 2.24) is 0 Å². The molecule has 1 saturated heterocycles. The van der Waals surface area contributed by atoms with Crippen LogP contribution in [0.15, 0.2) is 12.2 Å². The second-order valence-corrected chi connectivity index (χ2v) is 7.32. The Hall–Kier alpha value is -0.910. The van der Waals surface area contributed by atoms with Gasteiger partial charge in [-0.25, -0.2) is 0 Å². The molecular formula is C18H28O5. The molecule has 5 nitrogen and oxygen atoms in total. The lowest BCUT2D eigenvalue weighted by atomic mass is 9.49. The normalized spacial score (nSPS) is 35.7. The highest BCUT2D eigenvalue weighted by molar-refractivity contribution is 5.79. The zero-order valence-corrected chi connectivity index (χ0v) is 14.0. The molecule has 1 aliphatic heterocycles. The van der Waals surface area contributed by atoms with Gasteiger partial charge in [-0.1, -0.05) is 25.0 Å². The maximum absolute atomic E-state index is 12.9. The fourth-order valence-electron chi connectivity index (χ4n) is 4.89. The minimum atomic E-state index is -0.606. The first-order chi connectivity index (χ1) is 11.1. The van der Waals surface area contributed by atoms with Gasteiger partial charge in [-0.05, 0) is 38.0 Å². The van der Waals surface area contributed by atoms with E-state index < -0.39 is 11.2 Å². The van der Waals surface area contributed by atoms with Crippen molar-refractivity contribution in [3.8, 4) is 0 Å². The van der Waals surface area contributed by atoms with Crippen LogP contribution in [0.1, 0.15) is 51.9 Å². The van der Waals surface area contributed by atoms with Crippen LogP contribution in [0.2, 0.25) is 0 Å². The molecule has 0 bridgehead atoms. The maximum Gasteiger partial charge on any atom is 0.313 e. The van der Waals surface area contributed by atoms with E-state index in [0.717, 1.165) is 38.5 Å². The Labute approximate surface area is 138 Å². The van der Waals surface area contributed by atoms with Crippen molar-refractivity contribution in [2.24, 2.45) is 10.8 Å². The molecule has 0 aromatic rings. The number of aliphatic hydroxyl groups excluding tert-OH is 1. The topological polar surface area (TPSA) is 65.0 Å². The van der Waals surface area contributed by atoms with Crippen molar-refractivity contribution in [3.05, 3.63) is 12.2 Å². The fraction of sp³-hybridized carbons (Fsp3) is 0.833. The fourth-order valence-corrected chi connectivity index (χ4v) is 4.89. The van der Waals surface area contributed by atoms with Crippen LogP contribution in [0.4, 0.5) is 0 Å². The molecule has 2 atom stereocenters. The Morgan fingerprint density at radius 1 is 1.17 bits per heavy atom. The van der Waals surface area contributed by atoms with E-state index in [1.54, 1.807) is 0 Å². The van der Waals surface area contributed by atoms with E-state index in [1.165, 1.54) is 0 Å². The quantitative estimate of drug-likeness (QED) is 0.622. The Bertz CT molecular complexity index is 468. The van der Waals surface area contributed by atoms with Gasteiger partial charge in [0.15, 0.2) is 5.79 Å². The highest BCUT2D eigenvalue weighted by Gasteiger charge is 2.60. The standard InChI is InChI=1S/C18H28O5/c1-16(22-12-13-23-16)14-17-6-2-4-8-18(17,9-5-3-7-17)15(20)21-11-10-19/h2,4,19H,3,5-14H2,1H3/t17-,18+/m0/s1. The molecule has 2 aliphatic carbocycles. The predicted molar refractivity (Wildman–Crippen MR) is 84.7 cm³/mol. The van der Waals surface area contributed by atoms with Crippen molar-refractivity contribution < 1.29 is 24.1 Å². The number of esters is 1. The molecule has 0 unspecified atom stereocenters.